The fourth-order valence-electron chi connectivity index (χ4n) is 13.0. The normalized spacial score (nSPS) is 28.2. The van der Waals surface area contributed by atoms with E-state index in [-0.39, 0.29) is 138 Å². The van der Waals surface area contributed by atoms with E-state index in [1.165, 1.54) is 37.1 Å². The second-order valence-electron chi connectivity index (χ2n) is 27.5. The minimum absolute atomic E-state index is 0.0134. The molecule has 21 atom stereocenters. The van der Waals surface area contributed by atoms with Crippen LogP contribution < -0.4 is 21.3 Å². The van der Waals surface area contributed by atoms with Crippen LogP contribution in [-0.4, -0.2) is 407 Å². The Kier molecular flexibility index (Phi) is 38.3. The number of carbonyl (C=O) groups is 5. The summed E-state index contributed by atoms with van der Waals surface area (Å²) in [6.07, 6.45) is -13.7. The Morgan fingerprint density at radius 2 is 0.658 bits per heavy atom. The highest BCUT2D eigenvalue weighted by atomic mass is 16.7. The number of ether oxygens (including phenoxy) is 12. The van der Waals surface area contributed by atoms with Crippen LogP contribution >= 0.6 is 0 Å². The van der Waals surface area contributed by atoms with Gasteiger partial charge in [-0.3, -0.25) is 33.8 Å². The fraction of sp³-hybridized carbons (Fsp3) is 0.803. The maximum absolute atomic E-state index is 13.6. The van der Waals surface area contributed by atoms with Gasteiger partial charge in [-0.15, -0.1) is 20.4 Å². The summed E-state index contributed by atoms with van der Waals surface area (Å²) in [6.45, 7) is 4.52. The highest BCUT2D eigenvalue weighted by Gasteiger charge is 2.49. The number of aliphatic hydroxyl groups excluding tert-OH is 12. The number of hydrogen-bond acceptors (Lipinski definition) is 39. The Morgan fingerprint density at radius 1 is 0.395 bits per heavy atom. The number of nitrogens with one attached hydrogen (secondary N) is 4. The van der Waals surface area contributed by atoms with Crippen LogP contribution in [0, 0.1) is 0 Å². The number of amides is 4. The van der Waals surface area contributed by atoms with E-state index in [0.29, 0.717) is 42.2 Å². The first kappa shape index (κ1) is 92.4. The molecule has 0 aromatic carbocycles. The molecule has 4 aliphatic rings. The number of carboxylic acid groups (broad SMARTS) is 1. The lowest BCUT2D eigenvalue weighted by Gasteiger charge is -2.42. The summed E-state index contributed by atoms with van der Waals surface area (Å²) >= 11 is 0. The Balaban J connectivity index is 0.895. The molecule has 0 radical (unpaired) electrons. The molecule has 8 rings (SSSR count). The highest BCUT2D eigenvalue weighted by Crippen LogP contribution is 2.27. The van der Waals surface area contributed by atoms with Gasteiger partial charge in [0.25, 0.3) is 0 Å². The van der Waals surface area contributed by atoms with Gasteiger partial charge in [0.05, 0.1) is 155 Å². The number of aromatic nitrogens is 12. The zero-order valence-electron chi connectivity index (χ0n) is 63.7. The maximum atomic E-state index is 13.6. The van der Waals surface area contributed by atoms with E-state index in [4.69, 9.17) is 56.8 Å². The SMILES string of the molecule is CC(=O)N[C@H]1[C@H](OCCOCCn2cc(CN(CCCCC(C(=O)O)N(Cc3cn(CCOCCO[C@@H]4O[C@H](CO)[C@H](O)[C@H](O)[C@H]4NC(C)=O)nn3)Cc3cn(CCOCCO[C@@H]4O[C@H](CO)[C@H](O)[C@H](O)[C@H]4NC(C)=O)nn3)Cc3cn(CCOCCO[C@@H]4O[C@H](CO)[C@H](O)[C@H](O)[C@H]4NC(C)=O)nn3)nn2)O[C@H](CO)[C@H](O)[C@@H]1O. The van der Waals surface area contributed by atoms with Crippen molar-refractivity contribution in [2.45, 2.75) is 228 Å². The van der Waals surface area contributed by atoms with Gasteiger partial charge in [-0.2, -0.15) is 0 Å². The van der Waals surface area contributed by atoms with Gasteiger partial charge < -0.3 is 144 Å². The van der Waals surface area contributed by atoms with Gasteiger partial charge in [-0.05, 0) is 19.4 Å². The lowest BCUT2D eigenvalue weighted by atomic mass is 9.97. The Bertz CT molecular complexity index is 3290. The largest absolute Gasteiger partial charge is 0.480 e. The third kappa shape index (κ3) is 28.3. The van der Waals surface area contributed by atoms with E-state index < -0.39 is 185 Å². The van der Waals surface area contributed by atoms with Crippen LogP contribution in [-0.2, 0) is 133 Å². The summed E-state index contributed by atoms with van der Waals surface area (Å²) < 4.78 is 74.8. The Labute approximate surface area is 653 Å². The average molecular weight is 1640 g/mol. The molecule has 1 unspecified atom stereocenters. The molecule has 0 aliphatic carbocycles. The van der Waals surface area contributed by atoms with Crippen molar-refractivity contribution in [3.8, 4) is 0 Å². The first-order chi connectivity index (χ1) is 54.8. The third-order valence-corrected chi connectivity index (χ3v) is 18.7. The molecule has 0 saturated carbocycles. The van der Waals surface area contributed by atoms with Crippen molar-refractivity contribution in [2.24, 2.45) is 0 Å². The second kappa shape index (κ2) is 47.3. The van der Waals surface area contributed by atoms with Crippen LogP contribution in [0.3, 0.4) is 0 Å². The fourth-order valence-corrected chi connectivity index (χ4v) is 13.0. The summed E-state index contributed by atoms with van der Waals surface area (Å²) in [4.78, 5) is 64.8. The van der Waals surface area contributed by atoms with Gasteiger partial charge in [0, 0.05) is 78.7 Å². The van der Waals surface area contributed by atoms with Gasteiger partial charge in [0.1, 0.15) is 103 Å². The van der Waals surface area contributed by atoms with E-state index in [2.05, 4.69) is 62.5 Å². The topological polar surface area (TPSA) is 637 Å². The van der Waals surface area contributed by atoms with E-state index in [1.54, 1.807) is 39.1 Å². The zero-order valence-corrected chi connectivity index (χ0v) is 63.7. The van der Waals surface area contributed by atoms with Crippen molar-refractivity contribution in [3.05, 3.63) is 47.6 Å². The molecule has 4 aliphatic heterocycles. The summed E-state index contributed by atoms with van der Waals surface area (Å²) in [5.41, 5.74) is 1.91. The predicted molar refractivity (Wildman–Crippen MR) is 377 cm³/mol. The molecule has 8 heterocycles. The van der Waals surface area contributed by atoms with Crippen molar-refractivity contribution < 1.29 is 147 Å². The third-order valence-electron chi connectivity index (χ3n) is 18.7. The van der Waals surface area contributed by atoms with Gasteiger partial charge in [0.2, 0.25) is 23.6 Å². The molecule has 4 aromatic heterocycles. The molecule has 4 amide bonds. The number of nitrogens with zero attached hydrogens (tertiary/aromatic N) is 14. The van der Waals surface area contributed by atoms with Gasteiger partial charge in [-0.25, -0.2) is 18.7 Å². The number of carbonyl (C=O) groups excluding carboxylic acids is 4. The van der Waals surface area contributed by atoms with Crippen molar-refractivity contribution in [1.82, 2.24) is 91.0 Å². The predicted octanol–water partition coefficient (Wildman–Crippen LogP) is -10.7. The number of rotatable bonds is 51. The van der Waals surface area contributed by atoms with Crippen LogP contribution in [0.5, 0.6) is 0 Å². The van der Waals surface area contributed by atoms with Crippen molar-refractivity contribution in [3.63, 3.8) is 0 Å². The van der Waals surface area contributed by atoms with Gasteiger partial charge in [0.15, 0.2) is 25.2 Å². The van der Waals surface area contributed by atoms with Gasteiger partial charge in [-0.1, -0.05) is 27.3 Å². The van der Waals surface area contributed by atoms with Crippen molar-refractivity contribution in [1.29, 1.82) is 0 Å². The molecule has 48 nitrogen and oxygen atoms in total. The summed E-state index contributed by atoms with van der Waals surface area (Å²) in [5, 5.41) is 179. The monoisotopic (exact) mass is 1630 g/mol. The molecule has 0 bridgehead atoms. The molecule has 4 aromatic rings. The molecular weight excluding hydrogens is 1520 g/mol. The summed E-state index contributed by atoms with van der Waals surface area (Å²) in [7, 11) is 0. The van der Waals surface area contributed by atoms with Crippen LogP contribution in [0.2, 0.25) is 0 Å². The molecule has 4 fully saturated rings. The van der Waals surface area contributed by atoms with Gasteiger partial charge >= 0.3 is 5.97 Å². The van der Waals surface area contributed by atoms with Crippen molar-refractivity contribution >= 4 is 29.6 Å². The molecule has 644 valence electrons. The minimum atomic E-state index is -1.50. The quantitative estimate of drug-likeness (QED) is 0.0183. The molecule has 17 N–H and O–H groups in total. The average Bonchev–Trinajstić information content (AvgIpc) is 1.16. The maximum Gasteiger partial charge on any atom is 0.320 e. The number of unbranched alkanes of at least 4 members (excludes halogenated alkanes) is 1. The smallest absolute Gasteiger partial charge is 0.320 e. The molecule has 0 spiro atoms. The highest BCUT2D eigenvalue weighted by molar-refractivity contribution is 5.75. The Hall–Kier alpha value is -7.13. The number of aliphatic carboxylic acids is 1. The molecule has 114 heavy (non-hydrogen) atoms. The van der Waals surface area contributed by atoms with Crippen LogP contribution in [0.15, 0.2) is 24.8 Å². The summed E-state index contributed by atoms with van der Waals surface area (Å²) in [6, 6.07) is -5.67. The zero-order chi connectivity index (χ0) is 82.4. The van der Waals surface area contributed by atoms with E-state index in [0.717, 1.165) is 0 Å². The first-order valence-corrected chi connectivity index (χ1v) is 37.4. The minimum Gasteiger partial charge on any atom is -0.480 e. The number of aliphatic hydroxyl groups is 12. The summed E-state index contributed by atoms with van der Waals surface area (Å²) in [5.74, 6) is -3.18. The number of hydrogen-bond donors (Lipinski definition) is 17. The van der Waals surface area contributed by atoms with Crippen LogP contribution in [0.25, 0.3) is 0 Å². The van der Waals surface area contributed by atoms with E-state index >= 15 is 0 Å². The lowest BCUT2D eigenvalue weighted by molar-refractivity contribution is -0.272. The van der Waals surface area contributed by atoms with Crippen LogP contribution in [0.4, 0.5) is 0 Å². The lowest BCUT2D eigenvalue weighted by Crippen LogP contribution is -2.64. The van der Waals surface area contributed by atoms with E-state index in [1.807, 2.05) is 4.90 Å². The first-order valence-electron chi connectivity index (χ1n) is 37.4. The van der Waals surface area contributed by atoms with Crippen molar-refractivity contribution in [2.75, 3.05) is 112 Å². The molecular formula is C66H110N18O30. The van der Waals surface area contributed by atoms with E-state index in [9.17, 15) is 90.4 Å². The van der Waals surface area contributed by atoms with Crippen LogP contribution in [0.1, 0.15) is 69.7 Å². The Morgan fingerprint density at radius 3 is 0.904 bits per heavy atom. The molecule has 48 heteroatoms. The standard InChI is InChI=1S/C66H110N18O30/c1-37(89)67-50-58(97)54(93)46(33-85)111-63(50)107-21-17-103-13-9-81-29-41(71-75-81)25-79(26-42-30-82(76-72-42)10-14-104-18-22-108-64-51(68-38(2)90)59(98)55(94)47(34-86)112-64)8-6-5-7-45(62(101)102)80(27-43-31-83(77-73-43)11-15-105-19-23-109-65-52(69-39(3)91)60(99)56(95)48(35-87)113-65)28-44-32-84(78-74-44)12-16-106-20-24-110-66-53(70-40(4)92)61(100)57(96)49(36-88)114-66/h29-32,45-61,63-66,85-88,93-100H,5-28,33-36H2,1-4H3,(H,67,89)(H,68,90)(H,69,91)(H,70,92)(H,101,102)/t45?,46-,47-,48-,49-,50-,51-,52-,53-,54+,55+,56+,57+,58-,59-,60-,61-,63-,64-,65-,66-/m1/s1. The second-order valence-corrected chi connectivity index (χ2v) is 27.5. The molecule has 4 saturated heterocycles. The number of carboxylic acids is 1.